The van der Waals surface area contributed by atoms with Gasteiger partial charge in [0.15, 0.2) is 6.04 Å². The number of benzene rings is 1. The molecule has 0 spiro atoms. The van der Waals surface area contributed by atoms with Crippen LogP contribution in [0.1, 0.15) is 18.4 Å². The third-order valence-corrected chi connectivity index (χ3v) is 3.32. The highest BCUT2D eigenvalue weighted by Gasteiger charge is 2.38. The van der Waals surface area contributed by atoms with Crippen LogP contribution in [-0.2, 0) is 20.9 Å². The number of nitrogens with one attached hydrogen (secondary N) is 2. The van der Waals surface area contributed by atoms with Crippen molar-refractivity contribution < 1.29 is 29.0 Å². The van der Waals surface area contributed by atoms with Crippen molar-refractivity contribution in [1.82, 2.24) is 10.6 Å². The molecule has 2 atom stereocenters. The first kappa shape index (κ1) is 16.6. The van der Waals surface area contributed by atoms with Crippen molar-refractivity contribution >= 4 is 18.2 Å². The zero-order valence-corrected chi connectivity index (χ0v) is 12.4. The Morgan fingerprint density at radius 3 is 2.74 bits per heavy atom. The van der Waals surface area contributed by atoms with E-state index in [9.17, 15) is 14.4 Å². The number of carboxylic acid groups (broad SMARTS) is 1. The highest BCUT2D eigenvalue weighted by Crippen LogP contribution is 2.14. The lowest BCUT2D eigenvalue weighted by Gasteiger charge is -2.13. The fourth-order valence-corrected chi connectivity index (χ4v) is 2.17. The SMILES string of the molecule is O=C(NCCCC1OC(=O)NC1C(=O)O)OCc1ccccc1. The maximum atomic E-state index is 11.5. The number of aliphatic carboxylic acids is 1. The van der Waals surface area contributed by atoms with E-state index >= 15 is 0 Å². The summed E-state index contributed by atoms with van der Waals surface area (Å²) in [6, 6.07) is 8.23. The Morgan fingerprint density at radius 1 is 1.30 bits per heavy atom. The molecule has 0 aliphatic carbocycles. The van der Waals surface area contributed by atoms with E-state index < -0.39 is 30.3 Å². The third-order valence-electron chi connectivity index (χ3n) is 3.32. The molecule has 124 valence electrons. The van der Waals surface area contributed by atoms with Crippen LogP contribution in [0.15, 0.2) is 30.3 Å². The largest absolute Gasteiger partial charge is 0.480 e. The van der Waals surface area contributed by atoms with Crippen LogP contribution < -0.4 is 10.6 Å². The summed E-state index contributed by atoms with van der Waals surface area (Å²) >= 11 is 0. The van der Waals surface area contributed by atoms with Gasteiger partial charge < -0.3 is 25.2 Å². The minimum atomic E-state index is -1.14. The Kier molecular flexibility index (Phi) is 5.79. The molecule has 2 unspecified atom stereocenters. The summed E-state index contributed by atoms with van der Waals surface area (Å²) < 4.78 is 9.91. The van der Waals surface area contributed by atoms with Crippen LogP contribution in [0.5, 0.6) is 0 Å². The van der Waals surface area contributed by atoms with Gasteiger partial charge in [-0.2, -0.15) is 0 Å². The molecule has 1 aliphatic heterocycles. The summed E-state index contributed by atoms with van der Waals surface area (Å²) in [6.07, 6.45) is -1.23. The molecule has 1 saturated heterocycles. The first-order valence-corrected chi connectivity index (χ1v) is 7.21. The second kappa shape index (κ2) is 8.02. The number of carboxylic acids is 1. The molecule has 1 aromatic rings. The fraction of sp³-hybridized carbons (Fsp3) is 0.400. The topological polar surface area (TPSA) is 114 Å². The molecule has 8 heteroatoms. The normalized spacial score (nSPS) is 19.6. The Morgan fingerprint density at radius 2 is 2.04 bits per heavy atom. The predicted octanol–water partition coefficient (Wildman–Crippen LogP) is 1.25. The number of carbonyl (C=O) groups excluding carboxylic acids is 2. The van der Waals surface area contributed by atoms with Gasteiger partial charge in [0.2, 0.25) is 0 Å². The predicted molar refractivity (Wildman–Crippen MR) is 78.7 cm³/mol. The summed E-state index contributed by atoms with van der Waals surface area (Å²) in [5, 5.41) is 13.7. The third kappa shape index (κ3) is 5.17. The number of hydrogen-bond donors (Lipinski definition) is 3. The Balaban J connectivity index is 1.62. The van der Waals surface area contributed by atoms with Gasteiger partial charge in [0.05, 0.1) is 0 Å². The van der Waals surface area contributed by atoms with Gasteiger partial charge in [0.1, 0.15) is 12.7 Å². The van der Waals surface area contributed by atoms with Crippen molar-refractivity contribution in [3.05, 3.63) is 35.9 Å². The monoisotopic (exact) mass is 322 g/mol. The molecule has 1 fully saturated rings. The Labute approximate surface area is 132 Å². The zero-order chi connectivity index (χ0) is 16.7. The van der Waals surface area contributed by atoms with Gasteiger partial charge in [-0.25, -0.2) is 14.4 Å². The number of amides is 2. The molecule has 1 aliphatic rings. The summed E-state index contributed by atoms with van der Waals surface area (Å²) in [5.41, 5.74) is 0.885. The van der Waals surface area contributed by atoms with Crippen molar-refractivity contribution in [3.8, 4) is 0 Å². The minimum Gasteiger partial charge on any atom is -0.480 e. The quantitative estimate of drug-likeness (QED) is 0.651. The standard InChI is InChI=1S/C15H18N2O6/c18-13(19)12-11(23-15(21)17-12)7-4-8-16-14(20)22-9-10-5-2-1-3-6-10/h1-3,5-6,11-12H,4,7-9H2,(H,16,20)(H,17,21)(H,18,19). The molecule has 2 rings (SSSR count). The van der Waals surface area contributed by atoms with Crippen molar-refractivity contribution in [2.75, 3.05) is 6.54 Å². The maximum absolute atomic E-state index is 11.5. The van der Waals surface area contributed by atoms with E-state index in [-0.39, 0.29) is 6.61 Å². The van der Waals surface area contributed by atoms with Crippen molar-refractivity contribution in [3.63, 3.8) is 0 Å². The molecule has 23 heavy (non-hydrogen) atoms. The number of ether oxygens (including phenoxy) is 2. The lowest BCUT2D eigenvalue weighted by molar-refractivity contribution is -0.140. The van der Waals surface area contributed by atoms with E-state index in [2.05, 4.69) is 10.6 Å². The average molecular weight is 322 g/mol. The number of hydrogen-bond acceptors (Lipinski definition) is 5. The molecule has 8 nitrogen and oxygen atoms in total. The minimum absolute atomic E-state index is 0.178. The van der Waals surface area contributed by atoms with Crippen LogP contribution in [0.25, 0.3) is 0 Å². The van der Waals surface area contributed by atoms with Gasteiger partial charge in [0, 0.05) is 6.54 Å². The number of alkyl carbamates (subject to hydrolysis) is 2. The van der Waals surface area contributed by atoms with Gasteiger partial charge in [0.25, 0.3) is 0 Å². The van der Waals surface area contributed by atoms with Crippen LogP contribution in [0.3, 0.4) is 0 Å². The fourth-order valence-electron chi connectivity index (χ4n) is 2.17. The smallest absolute Gasteiger partial charge is 0.408 e. The second-order valence-corrected chi connectivity index (χ2v) is 5.03. The van der Waals surface area contributed by atoms with Crippen LogP contribution in [0.2, 0.25) is 0 Å². The number of cyclic esters (lactones) is 1. The van der Waals surface area contributed by atoms with Crippen LogP contribution >= 0.6 is 0 Å². The van der Waals surface area contributed by atoms with E-state index in [1.54, 1.807) is 0 Å². The summed E-state index contributed by atoms with van der Waals surface area (Å²) in [4.78, 5) is 33.5. The second-order valence-electron chi connectivity index (χ2n) is 5.03. The Hall–Kier alpha value is -2.77. The maximum Gasteiger partial charge on any atom is 0.408 e. The van der Waals surface area contributed by atoms with Gasteiger partial charge in [-0.15, -0.1) is 0 Å². The van der Waals surface area contributed by atoms with Crippen molar-refractivity contribution in [2.24, 2.45) is 0 Å². The van der Waals surface area contributed by atoms with Gasteiger partial charge in [-0.3, -0.25) is 0 Å². The van der Waals surface area contributed by atoms with Gasteiger partial charge in [-0.05, 0) is 18.4 Å². The molecule has 1 aromatic carbocycles. The number of carbonyl (C=O) groups is 3. The van der Waals surface area contributed by atoms with Crippen LogP contribution in [0.4, 0.5) is 9.59 Å². The van der Waals surface area contributed by atoms with Gasteiger partial charge >= 0.3 is 18.2 Å². The van der Waals surface area contributed by atoms with E-state index in [1.807, 2.05) is 30.3 Å². The summed E-state index contributed by atoms with van der Waals surface area (Å²) in [7, 11) is 0. The van der Waals surface area contributed by atoms with Crippen molar-refractivity contribution in [2.45, 2.75) is 31.6 Å². The van der Waals surface area contributed by atoms with Crippen LogP contribution in [-0.4, -0.2) is 42.0 Å². The van der Waals surface area contributed by atoms with E-state index in [4.69, 9.17) is 14.6 Å². The first-order chi connectivity index (χ1) is 11.1. The van der Waals surface area contributed by atoms with E-state index in [0.717, 1.165) is 5.56 Å². The molecule has 0 bridgehead atoms. The lowest BCUT2D eigenvalue weighted by Crippen LogP contribution is -2.39. The molecule has 2 amide bonds. The van der Waals surface area contributed by atoms with Crippen LogP contribution in [0, 0.1) is 0 Å². The van der Waals surface area contributed by atoms with Crippen molar-refractivity contribution in [1.29, 1.82) is 0 Å². The van der Waals surface area contributed by atoms with E-state index in [1.165, 1.54) is 0 Å². The molecular formula is C15H18N2O6. The van der Waals surface area contributed by atoms with E-state index in [0.29, 0.717) is 19.4 Å². The lowest BCUT2D eigenvalue weighted by atomic mass is 10.1. The number of rotatable bonds is 7. The zero-order valence-electron chi connectivity index (χ0n) is 12.4. The average Bonchev–Trinajstić information content (AvgIpc) is 2.92. The highest BCUT2D eigenvalue weighted by molar-refractivity contribution is 5.83. The molecule has 1 heterocycles. The Bertz CT molecular complexity index is 562. The molecular weight excluding hydrogens is 304 g/mol. The summed E-state index contributed by atoms with van der Waals surface area (Å²) in [5.74, 6) is -1.14. The summed E-state index contributed by atoms with van der Waals surface area (Å²) in [6.45, 7) is 0.478. The highest BCUT2D eigenvalue weighted by atomic mass is 16.6. The first-order valence-electron chi connectivity index (χ1n) is 7.21. The van der Waals surface area contributed by atoms with Gasteiger partial charge in [-0.1, -0.05) is 30.3 Å². The molecule has 0 aromatic heterocycles. The molecule has 0 radical (unpaired) electrons. The molecule has 3 N–H and O–H groups in total. The molecule has 0 saturated carbocycles.